The molecule has 2 heteroatoms. The van der Waals surface area contributed by atoms with E-state index in [-0.39, 0.29) is 5.41 Å². The van der Waals surface area contributed by atoms with Gasteiger partial charge in [-0.05, 0) is 79.9 Å². The largest absolute Gasteiger partial charge is 0.454 e. The van der Waals surface area contributed by atoms with Crippen LogP contribution in [0, 0.1) is 0 Å². The summed E-state index contributed by atoms with van der Waals surface area (Å²) in [6.07, 6.45) is 0. The molecule has 2 nitrogen and oxygen atoms in total. The van der Waals surface area contributed by atoms with E-state index in [0.717, 1.165) is 27.8 Å². The average Bonchev–Trinajstić information content (AvgIpc) is 3.93. The van der Waals surface area contributed by atoms with E-state index in [9.17, 15) is 0 Å². The smallest absolute Gasteiger partial charge is 0.160 e. The second-order valence-electron chi connectivity index (χ2n) is 15.6. The molecule has 10 aromatic rings. The number of para-hydroxylation sites is 2. The second kappa shape index (κ2) is 10.5. The van der Waals surface area contributed by atoms with E-state index in [4.69, 9.17) is 4.42 Å². The lowest BCUT2D eigenvalue weighted by Crippen LogP contribution is -2.28. The Morgan fingerprint density at radius 2 is 1.07 bits per heavy atom. The molecule has 0 saturated heterocycles. The van der Waals surface area contributed by atoms with E-state index >= 15 is 0 Å². The van der Waals surface area contributed by atoms with E-state index in [1.807, 2.05) is 0 Å². The molecular weight excluding hydrogens is 655 g/mol. The minimum atomic E-state index is -0.497. The first-order chi connectivity index (χ1) is 26.6. The molecule has 0 atom stereocenters. The van der Waals surface area contributed by atoms with Gasteiger partial charge in [0.05, 0.1) is 16.4 Å². The Hall–Kier alpha value is -6.64. The molecule has 0 unspecified atom stereocenters. The van der Waals surface area contributed by atoms with Crippen LogP contribution in [0.2, 0.25) is 0 Å². The molecule has 0 spiro atoms. The van der Waals surface area contributed by atoms with Crippen molar-refractivity contribution >= 4 is 43.7 Å². The lowest BCUT2D eigenvalue weighted by atomic mass is 9.67. The van der Waals surface area contributed by atoms with Crippen molar-refractivity contribution in [2.45, 2.75) is 24.7 Å². The fraction of sp³-hybridized carbons (Fsp3) is 0.0769. The number of furan rings is 1. The molecule has 2 aliphatic rings. The lowest BCUT2D eigenvalue weighted by Gasteiger charge is -2.34. The summed E-state index contributed by atoms with van der Waals surface area (Å²) < 4.78 is 9.57. The van der Waals surface area contributed by atoms with Gasteiger partial charge >= 0.3 is 0 Å². The first-order valence-corrected chi connectivity index (χ1v) is 18.9. The highest BCUT2D eigenvalue weighted by Gasteiger charge is 2.46. The van der Waals surface area contributed by atoms with Gasteiger partial charge in [0.1, 0.15) is 5.58 Å². The Labute approximate surface area is 313 Å². The third-order valence-corrected chi connectivity index (χ3v) is 12.6. The van der Waals surface area contributed by atoms with Crippen LogP contribution in [0.1, 0.15) is 47.2 Å². The number of fused-ring (bicyclic) bond motifs is 15. The van der Waals surface area contributed by atoms with Gasteiger partial charge in [-0.1, -0.05) is 166 Å². The zero-order valence-electron chi connectivity index (χ0n) is 30.1. The number of aromatic nitrogens is 1. The third kappa shape index (κ3) is 3.56. The van der Waals surface area contributed by atoms with Gasteiger partial charge in [0.15, 0.2) is 5.58 Å². The normalized spacial score (nSPS) is 14.8. The maximum Gasteiger partial charge on any atom is 0.160 e. The summed E-state index contributed by atoms with van der Waals surface area (Å²) in [6, 6.07) is 64.8. The summed E-state index contributed by atoms with van der Waals surface area (Å²) in [6.45, 7) is 4.80. The molecule has 0 aliphatic heterocycles. The Bertz CT molecular complexity index is 3140. The van der Waals surface area contributed by atoms with Crippen molar-refractivity contribution in [3.63, 3.8) is 0 Å². The molecule has 54 heavy (non-hydrogen) atoms. The minimum absolute atomic E-state index is 0.221. The van der Waals surface area contributed by atoms with E-state index in [2.05, 4.69) is 194 Å². The standard InChI is InChI=1S/C52H35NO/c1-51(2)40-25-13-10-22-37(40)45-46-39-24-12-16-28-44(39)54-50(46)49-47(48(45)51)38-23-11-15-27-43(38)53(49)34-29-30-36-35-21-9-14-26-41(35)52(42(36)31-34,32-17-5-3-6-18-32)33-19-7-4-8-20-33/h3-31H,1-2H3. The van der Waals surface area contributed by atoms with Gasteiger partial charge in [0.2, 0.25) is 0 Å². The van der Waals surface area contributed by atoms with Crippen molar-refractivity contribution in [2.24, 2.45) is 0 Å². The number of hydrogen-bond donors (Lipinski definition) is 0. The van der Waals surface area contributed by atoms with Crippen LogP contribution in [0.5, 0.6) is 0 Å². The van der Waals surface area contributed by atoms with Crippen molar-refractivity contribution < 1.29 is 4.42 Å². The molecule has 2 aliphatic carbocycles. The van der Waals surface area contributed by atoms with Gasteiger partial charge in [0.25, 0.3) is 0 Å². The summed E-state index contributed by atoms with van der Waals surface area (Å²) in [5.74, 6) is 0. The first-order valence-electron chi connectivity index (χ1n) is 18.9. The summed E-state index contributed by atoms with van der Waals surface area (Å²) in [5.41, 5.74) is 17.6. The molecule has 254 valence electrons. The first kappa shape index (κ1) is 29.9. The van der Waals surface area contributed by atoms with Crippen molar-refractivity contribution in [3.8, 4) is 27.9 Å². The molecule has 0 bridgehead atoms. The molecule has 2 aromatic heterocycles. The molecule has 12 rings (SSSR count). The van der Waals surface area contributed by atoms with E-state index in [1.54, 1.807) is 0 Å². The Kier molecular flexibility index (Phi) is 5.81. The highest BCUT2D eigenvalue weighted by Crippen LogP contribution is 2.59. The zero-order valence-corrected chi connectivity index (χ0v) is 30.1. The quantitative estimate of drug-likeness (QED) is 0.181. The summed E-state index contributed by atoms with van der Waals surface area (Å²) in [7, 11) is 0. The van der Waals surface area contributed by atoms with E-state index in [0.29, 0.717) is 0 Å². The SMILES string of the molecule is CC1(C)c2ccccc2-c2c1c1c3ccccc3n(-c3ccc4c(c3)C(c3ccccc3)(c3ccccc3)c3ccccc3-4)c1c1oc3ccccc3c21. The van der Waals surface area contributed by atoms with Gasteiger partial charge in [-0.3, -0.25) is 0 Å². The van der Waals surface area contributed by atoms with Gasteiger partial charge in [-0.25, -0.2) is 0 Å². The number of rotatable bonds is 3. The summed E-state index contributed by atoms with van der Waals surface area (Å²) in [4.78, 5) is 0. The minimum Gasteiger partial charge on any atom is -0.454 e. The van der Waals surface area contributed by atoms with Crippen LogP contribution >= 0.6 is 0 Å². The monoisotopic (exact) mass is 689 g/mol. The summed E-state index contributed by atoms with van der Waals surface area (Å²) >= 11 is 0. The molecular formula is C52H35NO. The van der Waals surface area contributed by atoms with Gasteiger partial charge in [-0.15, -0.1) is 0 Å². The lowest BCUT2D eigenvalue weighted by molar-refractivity contribution is 0.663. The van der Waals surface area contributed by atoms with Crippen molar-refractivity contribution in [3.05, 3.63) is 209 Å². The molecule has 0 N–H and O–H groups in total. The molecule has 0 saturated carbocycles. The zero-order chi connectivity index (χ0) is 35.8. The Balaban J connectivity index is 1.27. The van der Waals surface area contributed by atoms with Crippen LogP contribution in [-0.2, 0) is 10.8 Å². The van der Waals surface area contributed by atoms with Crippen LogP contribution < -0.4 is 0 Å². The van der Waals surface area contributed by atoms with Crippen LogP contribution in [0.25, 0.3) is 71.7 Å². The van der Waals surface area contributed by atoms with Crippen molar-refractivity contribution in [1.29, 1.82) is 0 Å². The average molecular weight is 690 g/mol. The molecule has 0 radical (unpaired) electrons. The van der Waals surface area contributed by atoms with Crippen LogP contribution in [0.4, 0.5) is 0 Å². The number of hydrogen-bond acceptors (Lipinski definition) is 1. The van der Waals surface area contributed by atoms with Gasteiger partial charge in [-0.2, -0.15) is 0 Å². The fourth-order valence-electron chi connectivity index (χ4n) is 10.5. The highest BCUT2D eigenvalue weighted by atomic mass is 16.3. The molecule has 2 heterocycles. The second-order valence-corrected chi connectivity index (χ2v) is 15.6. The van der Waals surface area contributed by atoms with Gasteiger partial charge in [0, 0.05) is 32.6 Å². The predicted octanol–water partition coefficient (Wildman–Crippen LogP) is 13.4. The topological polar surface area (TPSA) is 18.1 Å². The molecule has 8 aromatic carbocycles. The fourth-order valence-corrected chi connectivity index (χ4v) is 10.5. The predicted molar refractivity (Wildman–Crippen MR) is 223 cm³/mol. The maximum absolute atomic E-state index is 7.07. The van der Waals surface area contributed by atoms with Crippen molar-refractivity contribution in [2.75, 3.05) is 0 Å². The van der Waals surface area contributed by atoms with E-state index in [1.165, 1.54) is 77.3 Å². The molecule has 0 amide bonds. The number of nitrogens with zero attached hydrogens (tertiary/aromatic N) is 1. The van der Waals surface area contributed by atoms with Crippen LogP contribution in [0.15, 0.2) is 180 Å². The summed E-state index contributed by atoms with van der Waals surface area (Å²) in [5, 5.41) is 4.88. The van der Waals surface area contributed by atoms with Crippen LogP contribution in [-0.4, -0.2) is 4.57 Å². The Morgan fingerprint density at radius 3 is 1.83 bits per heavy atom. The van der Waals surface area contributed by atoms with Crippen LogP contribution in [0.3, 0.4) is 0 Å². The van der Waals surface area contributed by atoms with Crippen molar-refractivity contribution in [1.82, 2.24) is 4.57 Å². The van der Waals surface area contributed by atoms with Gasteiger partial charge < -0.3 is 8.98 Å². The maximum atomic E-state index is 7.07. The van der Waals surface area contributed by atoms with E-state index < -0.39 is 5.41 Å². The Morgan fingerprint density at radius 1 is 0.481 bits per heavy atom. The highest BCUT2D eigenvalue weighted by molar-refractivity contribution is 6.29. The molecule has 0 fully saturated rings. The number of benzene rings is 8. The third-order valence-electron chi connectivity index (χ3n) is 12.6.